The highest BCUT2D eigenvalue weighted by molar-refractivity contribution is 7.98. The number of benzene rings is 3. The number of nitrogens with zero attached hydrogens (tertiary/aromatic N) is 2. The Hall–Kier alpha value is -3.45. The van der Waals surface area contributed by atoms with Gasteiger partial charge in [0.15, 0.2) is 5.16 Å². The number of carbonyl (C=O) groups is 1. The number of rotatable bonds is 6. The summed E-state index contributed by atoms with van der Waals surface area (Å²) in [6.07, 6.45) is 0.141. The Labute approximate surface area is 176 Å². The SMILES string of the molecule is O=C(Cc1ccccc1)Nn1c(SCc2ccc(F)cc2)nc2ccccc2c1=O. The van der Waals surface area contributed by atoms with E-state index in [1.807, 2.05) is 36.4 Å². The van der Waals surface area contributed by atoms with E-state index < -0.39 is 0 Å². The summed E-state index contributed by atoms with van der Waals surface area (Å²) in [7, 11) is 0. The Morgan fingerprint density at radius 3 is 2.40 bits per heavy atom. The summed E-state index contributed by atoms with van der Waals surface area (Å²) in [6.45, 7) is 0. The topological polar surface area (TPSA) is 64.0 Å². The van der Waals surface area contributed by atoms with Crippen LogP contribution in [0.5, 0.6) is 0 Å². The molecular formula is C23H18FN3O2S. The van der Waals surface area contributed by atoms with Crippen LogP contribution < -0.4 is 11.0 Å². The fourth-order valence-corrected chi connectivity index (χ4v) is 3.89. The lowest BCUT2D eigenvalue weighted by molar-refractivity contribution is -0.116. The molecule has 0 fully saturated rings. The minimum Gasteiger partial charge on any atom is -0.273 e. The third kappa shape index (κ3) is 4.58. The smallest absolute Gasteiger partial charge is 0.273 e. The van der Waals surface area contributed by atoms with Crippen molar-refractivity contribution in [3.63, 3.8) is 0 Å². The van der Waals surface area contributed by atoms with Crippen molar-refractivity contribution in [1.29, 1.82) is 0 Å². The zero-order valence-corrected chi connectivity index (χ0v) is 16.7. The molecule has 0 atom stereocenters. The van der Waals surface area contributed by atoms with E-state index in [0.717, 1.165) is 11.1 Å². The molecule has 0 unspecified atom stereocenters. The standard InChI is InChI=1S/C23H18FN3O2S/c24-18-12-10-17(11-13-18)15-30-23-25-20-9-5-4-8-19(20)22(29)27(23)26-21(28)14-16-6-2-1-3-7-16/h1-13H,14-15H2,(H,26,28). The van der Waals surface area contributed by atoms with Gasteiger partial charge in [0, 0.05) is 5.75 Å². The molecule has 1 aromatic heterocycles. The zero-order chi connectivity index (χ0) is 20.9. The average molecular weight is 419 g/mol. The highest BCUT2D eigenvalue weighted by Gasteiger charge is 2.14. The maximum atomic E-state index is 13.2. The van der Waals surface area contributed by atoms with Gasteiger partial charge >= 0.3 is 0 Å². The lowest BCUT2D eigenvalue weighted by Gasteiger charge is -2.14. The van der Waals surface area contributed by atoms with Crippen molar-refractivity contribution in [2.45, 2.75) is 17.3 Å². The predicted molar refractivity (Wildman–Crippen MR) is 116 cm³/mol. The molecule has 1 amide bonds. The number of fused-ring (bicyclic) bond motifs is 1. The minimum atomic E-state index is -0.344. The number of thioether (sulfide) groups is 1. The van der Waals surface area contributed by atoms with Gasteiger partial charge in [0.2, 0.25) is 5.91 Å². The highest BCUT2D eigenvalue weighted by atomic mass is 32.2. The number of carbonyl (C=O) groups excluding carboxylic acids is 1. The molecule has 0 radical (unpaired) electrons. The molecule has 0 aliphatic heterocycles. The minimum absolute atomic E-state index is 0.141. The van der Waals surface area contributed by atoms with Crippen molar-refractivity contribution in [2.75, 3.05) is 5.43 Å². The molecule has 150 valence electrons. The van der Waals surface area contributed by atoms with Gasteiger partial charge in [-0.25, -0.2) is 9.37 Å². The first-order chi connectivity index (χ1) is 14.6. The van der Waals surface area contributed by atoms with Crippen LogP contribution in [0.15, 0.2) is 88.8 Å². The summed E-state index contributed by atoms with van der Waals surface area (Å²) in [6, 6.07) is 22.4. The van der Waals surface area contributed by atoms with Crippen LogP contribution in [0.1, 0.15) is 11.1 Å². The number of nitrogens with one attached hydrogen (secondary N) is 1. The second kappa shape index (κ2) is 8.92. The Morgan fingerprint density at radius 2 is 1.63 bits per heavy atom. The Kier molecular flexibility index (Phi) is 5.90. The fraction of sp³-hybridized carbons (Fsp3) is 0.0870. The van der Waals surface area contributed by atoms with Crippen LogP contribution in [0, 0.1) is 5.82 Å². The van der Waals surface area contributed by atoms with Crippen LogP contribution in [-0.2, 0) is 17.0 Å². The first-order valence-electron chi connectivity index (χ1n) is 9.33. The summed E-state index contributed by atoms with van der Waals surface area (Å²) >= 11 is 1.30. The van der Waals surface area contributed by atoms with E-state index in [1.54, 1.807) is 30.3 Å². The van der Waals surface area contributed by atoms with Gasteiger partial charge in [-0.15, -0.1) is 0 Å². The first kappa shape index (κ1) is 19.8. The van der Waals surface area contributed by atoms with Crippen LogP contribution in [0.3, 0.4) is 0 Å². The number of halogens is 1. The second-order valence-electron chi connectivity index (χ2n) is 6.66. The molecule has 0 spiro atoms. The molecule has 0 aliphatic carbocycles. The molecule has 0 bridgehead atoms. The van der Waals surface area contributed by atoms with Crippen LogP contribution in [-0.4, -0.2) is 15.6 Å². The first-order valence-corrected chi connectivity index (χ1v) is 10.3. The van der Waals surface area contributed by atoms with Gasteiger partial charge in [-0.2, -0.15) is 4.68 Å². The molecule has 5 nitrogen and oxygen atoms in total. The Morgan fingerprint density at radius 1 is 0.933 bits per heavy atom. The number of hydrogen-bond donors (Lipinski definition) is 1. The second-order valence-corrected chi connectivity index (χ2v) is 7.61. The van der Waals surface area contributed by atoms with E-state index in [2.05, 4.69) is 10.4 Å². The van der Waals surface area contributed by atoms with E-state index >= 15 is 0 Å². The third-order valence-electron chi connectivity index (χ3n) is 4.47. The van der Waals surface area contributed by atoms with Crippen molar-refractivity contribution >= 4 is 28.6 Å². The van der Waals surface area contributed by atoms with Crippen LogP contribution in [0.25, 0.3) is 10.9 Å². The van der Waals surface area contributed by atoms with Gasteiger partial charge in [-0.05, 0) is 35.4 Å². The lowest BCUT2D eigenvalue weighted by Crippen LogP contribution is -2.35. The molecule has 4 aromatic rings. The normalized spacial score (nSPS) is 10.8. The van der Waals surface area contributed by atoms with E-state index in [-0.39, 0.29) is 23.7 Å². The lowest BCUT2D eigenvalue weighted by atomic mass is 10.1. The summed E-state index contributed by atoms with van der Waals surface area (Å²) in [5.74, 6) is -0.152. The Bertz CT molecular complexity index is 1240. The molecule has 0 saturated carbocycles. The van der Waals surface area contributed by atoms with Crippen molar-refractivity contribution in [2.24, 2.45) is 0 Å². The van der Waals surface area contributed by atoms with E-state index in [0.29, 0.717) is 21.8 Å². The number of amides is 1. The molecule has 7 heteroatoms. The molecule has 1 heterocycles. The summed E-state index contributed by atoms with van der Waals surface area (Å²) in [4.78, 5) is 30.2. The summed E-state index contributed by atoms with van der Waals surface area (Å²) in [5.41, 5.74) is 4.62. The molecule has 4 rings (SSSR count). The molecule has 1 N–H and O–H groups in total. The van der Waals surface area contributed by atoms with Crippen LogP contribution in [0.4, 0.5) is 4.39 Å². The van der Waals surface area contributed by atoms with Gasteiger partial charge in [-0.3, -0.25) is 15.0 Å². The van der Waals surface area contributed by atoms with Crippen molar-refractivity contribution in [3.8, 4) is 0 Å². The maximum Gasteiger partial charge on any atom is 0.281 e. The van der Waals surface area contributed by atoms with E-state index in [4.69, 9.17) is 0 Å². The van der Waals surface area contributed by atoms with E-state index in [1.165, 1.54) is 28.6 Å². The zero-order valence-electron chi connectivity index (χ0n) is 15.9. The van der Waals surface area contributed by atoms with Crippen LogP contribution in [0.2, 0.25) is 0 Å². The van der Waals surface area contributed by atoms with Crippen molar-refractivity contribution in [3.05, 3.63) is 106 Å². The van der Waals surface area contributed by atoms with Gasteiger partial charge in [0.1, 0.15) is 5.82 Å². The molecule has 3 aromatic carbocycles. The molecule has 0 saturated heterocycles. The van der Waals surface area contributed by atoms with Crippen molar-refractivity contribution < 1.29 is 9.18 Å². The summed E-state index contributed by atoms with van der Waals surface area (Å²) in [5, 5.41) is 0.785. The van der Waals surface area contributed by atoms with Crippen LogP contribution >= 0.6 is 11.8 Å². The Balaban J connectivity index is 1.64. The average Bonchev–Trinajstić information content (AvgIpc) is 2.76. The van der Waals surface area contributed by atoms with Gasteiger partial charge < -0.3 is 0 Å². The summed E-state index contributed by atoms with van der Waals surface area (Å²) < 4.78 is 14.3. The number of hydrogen-bond acceptors (Lipinski definition) is 4. The largest absolute Gasteiger partial charge is 0.281 e. The van der Waals surface area contributed by atoms with E-state index in [9.17, 15) is 14.0 Å². The third-order valence-corrected chi connectivity index (χ3v) is 5.48. The van der Waals surface area contributed by atoms with Gasteiger partial charge in [-0.1, -0.05) is 66.4 Å². The number of para-hydroxylation sites is 1. The molecule has 0 aliphatic rings. The fourth-order valence-electron chi connectivity index (χ4n) is 2.98. The van der Waals surface area contributed by atoms with Gasteiger partial charge in [0.25, 0.3) is 5.56 Å². The monoisotopic (exact) mass is 419 g/mol. The predicted octanol–water partition coefficient (Wildman–Crippen LogP) is 4.14. The molecular weight excluding hydrogens is 401 g/mol. The van der Waals surface area contributed by atoms with Crippen molar-refractivity contribution in [1.82, 2.24) is 9.66 Å². The molecule has 30 heavy (non-hydrogen) atoms. The quantitative estimate of drug-likeness (QED) is 0.377. The maximum absolute atomic E-state index is 13.2. The highest BCUT2D eigenvalue weighted by Crippen LogP contribution is 2.22. The van der Waals surface area contributed by atoms with Gasteiger partial charge in [0.05, 0.1) is 17.3 Å². The number of aromatic nitrogens is 2.